The highest BCUT2D eigenvalue weighted by Gasteiger charge is 2.40. The molecule has 0 aromatic heterocycles. The van der Waals surface area contributed by atoms with Crippen molar-refractivity contribution >= 4 is 16.7 Å². The molecule has 2 heteroatoms. The minimum absolute atomic E-state index is 0.00929. The maximum Gasteiger partial charge on any atom is 0.310 e. The molecule has 0 bridgehead atoms. The number of hydrogen-bond acceptors (Lipinski definition) is 2. The Labute approximate surface area is 126 Å². The summed E-state index contributed by atoms with van der Waals surface area (Å²) in [6.07, 6.45) is 2.00. The first kappa shape index (κ1) is 14.1. The van der Waals surface area contributed by atoms with Crippen molar-refractivity contribution in [2.24, 2.45) is 5.92 Å². The molecule has 0 spiro atoms. The Kier molecular flexibility index (Phi) is 3.48. The molecule has 0 amide bonds. The summed E-state index contributed by atoms with van der Waals surface area (Å²) < 4.78 is 5.57. The third-order valence-corrected chi connectivity index (χ3v) is 4.21. The summed E-state index contributed by atoms with van der Waals surface area (Å²) in [4.78, 5) is 12.3. The molecule has 2 atom stereocenters. The number of hydrogen-bond donors (Lipinski definition) is 0. The van der Waals surface area contributed by atoms with Crippen molar-refractivity contribution in [3.05, 3.63) is 48.0 Å². The molecule has 110 valence electrons. The van der Waals surface area contributed by atoms with E-state index >= 15 is 0 Å². The van der Waals surface area contributed by atoms with E-state index in [1.54, 1.807) is 0 Å². The first-order chi connectivity index (χ1) is 9.96. The second-order valence-corrected chi connectivity index (χ2v) is 6.89. The van der Waals surface area contributed by atoms with Crippen LogP contribution in [0.25, 0.3) is 10.8 Å². The zero-order valence-electron chi connectivity index (χ0n) is 12.9. The van der Waals surface area contributed by atoms with E-state index in [1.807, 2.05) is 20.8 Å². The molecule has 2 aromatic rings. The average Bonchev–Trinajstić information content (AvgIpc) is 2.35. The molecule has 21 heavy (non-hydrogen) atoms. The molecule has 2 nitrogen and oxygen atoms in total. The fourth-order valence-electron chi connectivity index (χ4n) is 3.11. The highest BCUT2D eigenvalue weighted by atomic mass is 16.6. The van der Waals surface area contributed by atoms with Crippen LogP contribution in [0.2, 0.25) is 0 Å². The molecule has 0 unspecified atom stereocenters. The molecule has 3 rings (SSSR count). The van der Waals surface area contributed by atoms with Crippen molar-refractivity contribution in [3.8, 4) is 0 Å². The van der Waals surface area contributed by atoms with Crippen LogP contribution in [-0.4, -0.2) is 11.6 Å². The highest BCUT2D eigenvalue weighted by Crippen LogP contribution is 2.45. The number of carbonyl (C=O) groups excluding carboxylic acids is 1. The van der Waals surface area contributed by atoms with Gasteiger partial charge in [0.15, 0.2) is 0 Å². The molecule has 0 N–H and O–H groups in total. The maximum atomic E-state index is 12.3. The Bertz CT molecular complexity index is 661. The molecule has 0 aliphatic heterocycles. The standard InChI is InChI=1S/C19H22O2/c1-19(2,3)21-18(20)17-12-11-16(17)15-10-6-8-13-7-4-5-9-14(13)15/h4-10,16-17H,11-12H2,1-3H3/t16-,17+/m0/s1. The Morgan fingerprint density at radius 2 is 1.76 bits per heavy atom. The van der Waals surface area contributed by atoms with Gasteiger partial charge in [0.25, 0.3) is 0 Å². The molecule has 1 aliphatic rings. The zero-order valence-corrected chi connectivity index (χ0v) is 12.9. The van der Waals surface area contributed by atoms with Gasteiger partial charge in [0.2, 0.25) is 0 Å². The third-order valence-electron chi connectivity index (χ3n) is 4.21. The van der Waals surface area contributed by atoms with E-state index in [2.05, 4.69) is 42.5 Å². The van der Waals surface area contributed by atoms with E-state index in [0.717, 1.165) is 12.8 Å². The van der Waals surface area contributed by atoms with E-state index < -0.39 is 5.60 Å². The van der Waals surface area contributed by atoms with E-state index in [-0.39, 0.29) is 11.9 Å². The number of rotatable bonds is 2. The molecule has 2 aromatic carbocycles. The molecular formula is C19H22O2. The monoisotopic (exact) mass is 282 g/mol. The minimum atomic E-state index is -0.407. The predicted octanol–water partition coefficient (Wildman–Crippen LogP) is 4.68. The van der Waals surface area contributed by atoms with Crippen LogP contribution in [-0.2, 0) is 9.53 Å². The Morgan fingerprint density at radius 3 is 2.43 bits per heavy atom. The Hall–Kier alpha value is -1.83. The smallest absolute Gasteiger partial charge is 0.310 e. The number of benzene rings is 2. The van der Waals surface area contributed by atoms with Crippen LogP contribution >= 0.6 is 0 Å². The van der Waals surface area contributed by atoms with Crippen molar-refractivity contribution in [1.29, 1.82) is 0 Å². The van der Waals surface area contributed by atoms with Gasteiger partial charge in [-0.15, -0.1) is 0 Å². The van der Waals surface area contributed by atoms with Crippen molar-refractivity contribution in [3.63, 3.8) is 0 Å². The van der Waals surface area contributed by atoms with Gasteiger partial charge >= 0.3 is 5.97 Å². The molecule has 0 heterocycles. The number of ether oxygens (including phenoxy) is 1. The first-order valence-corrected chi connectivity index (χ1v) is 7.66. The number of esters is 1. The normalized spacial score (nSPS) is 21.9. The Balaban J connectivity index is 1.88. The van der Waals surface area contributed by atoms with Gasteiger partial charge in [-0.05, 0) is 55.9 Å². The van der Waals surface area contributed by atoms with Gasteiger partial charge in [-0.2, -0.15) is 0 Å². The minimum Gasteiger partial charge on any atom is -0.460 e. The Morgan fingerprint density at radius 1 is 1.05 bits per heavy atom. The zero-order chi connectivity index (χ0) is 15.0. The highest BCUT2D eigenvalue weighted by molar-refractivity contribution is 5.87. The maximum absolute atomic E-state index is 12.3. The predicted molar refractivity (Wildman–Crippen MR) is 85.3 cm³/mol. The van der Waals surface area contributed by atoms with Crippen molar-refractivity contribution in [2.75, 3.05) is 0 Å². The van der Waals surface area contributed by atoms with Gasteiger partial charge in [0, 0.05) is 0 Å². The van der Waals surface area contributed by atoms with E-state index in [9.17, 15) is 4.79 Å². The molecule has 0 radical (unpaired) electrons. The quantitative estimate of drug-likeness (QED) is 0.748. The van der Waals surface area contributed by atoms with Crippen LogP contribution in [0.15, 0.2) is 42.5 Å². The third kappa shape index (κ3) is 2.80. The fraction of sp³-hybridized carbons (Fsp3) is 0.421. The van der Waals surface area contributed by atoms with Crippen LogP contribution < -0.4 is 0 Å². The summed E-state index contributed by atoms with van der Waals surface area (Å²) in [6, 6.07) is 14.8. The van der Waals surface area contributed by atoms with E-state index in [0.29, 0.717) is 5.92 Å². The van der Waals surface area contributed by atoms with Gasteiger partial charge in [0.05, 0.1) is 5.92 Å². The second-order valence-electron chi connectivity index (χ2n) is 6.89. The van der Waals surface area contributed by atoms with Crippen molar-refractivity contribution in [2.45, 2.75) is 45.1 Å². The molecule has 0 saturated heterocycles. The van der Waals surface area contributed by atoms with Crippen LogP contribution in [0.1, 0.15) is 45.1 Å². The first-order valence-electron chi connectivity index (χ1n) is 7.66. The summed E-state index contributed by atoms with van der Waals surface area (Å²) in [5.41, 5.74) is 0.880. The molecule has 1 fully saturated rings. The van der Waals surface area contributed by atoms with E-state index in [4.69, 9.17) is 4.74 Å². The number of carbonyl (C=O) groups is 1. The largest absolute Gasteiger partial charge is 0.460 e. The van der Waals surface area contributed by atoms with Crippen LogP contribution in [0, 0.1) is 5.92 Å². The summed E-state index contributed by atoms with van der Waals surface area (Å²) in [5, 5.41) is 2.50. The van der Waals surface area contributed by atoms with Crippen LogP contribution in [0.3, 0.4) is 0 Å². The lowest BCUT2D eigenvalue weighted by Gasteiger charge is -2.37. The van der Waals surface area contributed by atoms with Gasteiger partial charge in [-0.1, -0.05) is 42.5 Å². The van der Waals surface area contributed by atoms with Gasteiger partial charge in [-0.25, -0.2) is 0 Å². The summed E-state index contributed by atoms with van der Waals surface area (Å²) >= 11 is 0. The SMILES string of the molecule is CC(C)(C)OC(=O)[C@@H]1CC[C@H]1c1cccc2ccccc12. The topological polar surface area (TPSA) is 26.3 Å². The summed E-state index contributed by atoms with van der Waals surface area (Å²) in [6.45, 7) is 5.78. The van der Waals surface area contributed by atoms with Gasteiger partial charge in [-0.3, -0.25) is 4.79 Å². The lowest BCUT2D eigenvalue weighted by Crippen LogP contribution is -2.36. The second kappa shape index (κ2) is 5.18. The molecular weight excluding hydrogens is 260 g/mol. The molecule has 1 saturated carbocycles. The summed E-state index contributed by atoms with van der Waals surface area (Å²) in [5.74, 6) is 0.257. The van der Waals surface area contributed by atoms with E-state index in [1.165, 1.54) is 16.3 Å². The fourth-order valence-corrected chi connectivity index (χ4v) is 3.11. The molecule has 1 aliphatic carbocycles. The van der Waals surface area contributed by atoms with Crippen molar-refractivity contribution < 1.29 is 9.53 Å². The van der Waals surface area contributed by atoms with Crippen molar-refractivity contribution in [1.82, 2.24) is 0 Å². The lowest BCUT2D eigenvalue weighted by atomic mass is 9.69. The van der Waals surface area contributed by atoms with Crippen LogP contribution in [0.5, 0.6) is 0 Å². The van der Waals surface area contributed by atoms with Crippen LogP contribution in [0.4, 0.5) is 0 Å². The lowest BCUT2D eigenvalue weighted by molar-refractivity contribution is -0.164. The summed E-state index contributed by atoms with van der Waals surface area (Å²) in [7, 11) is 0. The van der Waals surface area contributed by atoms with Gasteiger partial charge < -0.3 is 4.74 Å². The van der Waals surface area contributed by atoms with Gasteiger partial charge in [0.1, 0.15) is 5.60 Å². The number of fused-ring (bicyclic) bond motifs is 1. The average molecular weight is 282 g/mol.